The first-order chi connectivity index (χ1) is 6.19. The summed E-state index contributed by atoms with van der Waals surface area (Å²) >= 11 is 0. The molecule has 1 atom stereocenters. The fraction of sp³-hybridized carbons (Fsp3) is 0.909. The van der Waals surface area contributed by atoms with Crippen LogP contribution in [0.25, 0.3) is 0 Å². The lowest BCUT2D eigenvalue weighted by Crippen LogP contribution is -2.30. The molecule has 0 aliphatic heterocycles. The number of nitrogens with zero attached hydrogens (tertiary/aromatic N) is 1. The Kier molecular flexibility index (Phi) is 4.57. The van der Waals surface area contributed by atoms with Crippen molar-refractivity contribution in [3.8, 4) is 6.07 Å². The van der Waals surface area contributed by atoms with Gasteiger partial charge in [-0.25, -0.2) is 0 Å². The number of nitriles is 1. The number of aliphatic hydroxyl groups is 1. The van der Waals surface area contributed by atoms with Gasteiger partial charge in [-0.05, 0) is 41.0 Å². The zero-order valence-electron chi connectivity index (χ0n) is 9.79. The monoisotopic (exact) mass is 199 g/mol. The van der Waals surface area contributed by atoms with Gasteiger partial charge in [0.2, 0.25) is 0 Å². The molecule has 3 heteroatoms. The minimum Gasteiger partial charge on any atom is -0.391 e. The molecule has 0 aromatic rings. The summed E-state index contributed by atoms with van der Waals surface area (Å²) in [7, 11) is 0. The fourth-order valence-corrected chi connectivity index (χ4v) is 0.912. The molecule has 0 aromatic carbocycles. The summed E-state index contributed by atoms with van der Waals surface area (Å²) < 4.78 is 5.47. The van der Waals surface area contributed by atoms with Crippen LogP contribution in [0.1, 0.15) is 41.0 Å². The predicted molar refractivity (Wildman–Crippen MR) is 55.7 cm³/mol. The van der Waals surface area contributed by atoms with Crippen LogP contribution in [0.4, 0.5) is 0 Å². The largest absolute Gasteiger partial charge is 0.391 e. The zero-order valence-corrected chi connectivity index (χ0v) is 9.79. The Bertz CT molecular complexity index is 210. The summed E-state index contributed by atoms with van der Waals surface area (Å²) in [5, 5.41) is 18.4. The number of rotatable bonds is 4. The molecule has 0 heterocycles. The highest BCUT2D eigenvalue weighted by atomic mass is 16.5. The standard InChI is InChI=1S/C11H21NO2/c1-10(2,3)14-7-6-9(13)11(4,5)8-12/h9,13H,6-7H2,1-5H3. The molecule has 0 spiro atoms. The average Bonchev–Trinajstić information content (AvgIpc) is 2.02. The molecular formula is C11H21NO2. The maximum absolute atomic E-state index is 9.67. The first-order valence-electron chi connectivity index (χ1n) is 4.92. The molecular weight excluding hydrogens is 178 g/mol. The Morgan fingerprint density at radius 1 is 1.29 bits per heavy atom. The average molecular weight is 199 g/mol. The summed E-state index contributed by atoms with van der Waals surface area (Å²) in [6.07, 6.45) is -0.132. The number of ether oxygens (including phenoxy) is 1. The van der Waals surface area contributed by atoms with Crippen molar-refractivity contribution in [3.05, 3.63) is 0 Å². The molecule has 0 fully saturated rings. The van der Waals surface area contributed by atoms with Crippen molar-refractivity contribution in [1.29, 1.82) is 5.26 Å². The van der Waals surface area contributed by atoms with E-state index < -0.39 is 11.5 Å². The third kappa shape index (κ3) is 5.21. The van der Waals surface area contributed by atoms with Gasteiger partial charge in [0.15, 0.2) is 0 Å². The van der Waals surface area contributed by atoms with E-state index in [0.717, 1.165) is 0 Å². The lowest BCUT2D eigenvalue weighted by Gasteiger charge is -2.25. The van der Waals surface area contributed by atoms with E-state index in [-0.39, 0.29) is 5.60 Å². The van der Waals surface area contributed by atoms with Gasteiger partial charge in [0.1, 0.15) is 0 Å². The molecule has 0 bridgehead atoms. The molecule has 0 saturated heterocycles. The Labute approximate surface area is 86.7 Å². The minimum atomic E-state index is -0.693. The molecule has 0 rings (SSSR count). The first kappa shape index (κ1) is 13.4. The van der Waals surface area contributed by atoms with Crippen LogP contribution in [0, 0.1) is 16.7 Å². The van der Waals surface area contributed by atoms with Crippen LogP contribution in [-0.4, -0.2) is 23.4 Å². The Balaban J connectivity index is 3.88. The van der Waals surface area contributed by atoms with Crippen LogP contribution < -0.4 is 0 Å². The van der Waals surface area contributed by atoms with Crippen molar-refractivity contribution >= 4 is 0 Å². The van der Waals surface area contributed by atoms with Gasteiger partial charge in [-0.2, -0.15) is 5.26 Å². The van der Waals surface area contributed by atoms with Crippen molar-refractivity contribution in [1.82, 2.24) is 0 Å². The molecule has 14 heavy (non-hydrogen) atoms. The quantitative estimate of drug-likeness (QED) is 0.754. The minimum absolute atomic E-state index is 0.184. The molecule has 0 amide bonds. The molecule has 0 aromatic heterocycles. The lowest BCUT2D eigenvalue weighted by molar-refractivity contribution is -0.0300. The van der Waals surface area contributed by atoms with Crippen LogP contribution in [0.3, 0.4) is 0 Å². The van der Waals surface area contributed by atoms with Gasteiger partial charge < -0.3 is 9.84 Å². The Morgan fingerprint density at radius 2 is 1.79 bits per heavy atom. The van der Waals surface area contributed by atoms with E-state index in [1.807, 2.05) is 20.8 Å². The maximum Gasteiger partial charge on any atom is 0.0777 e. The van der Waals surface area contributed by atoms with E-state index in [2.05, 4.69) is 6.07 Å². The second kappa shape index (κ2) is 4.77. The van der Waals surface area contributed by atoms with Crippen molar-refractivity contribution in [2.24, 2.45) is 5.41 Å². The molecule has 1 unspecified atom stereocenters. The molecule has 0 aliphatic carbocycles. The summed E-state index contributed by atoms with van der Waals surface area (Å²) in [5.41, 5.74) is -0.877. The smallest absolute Gasteiger partial charge is 0.0777 e. The summed E-state index contributed by atoms with van der Waals surface area (Å²) in [6.45, 7) is 9.84. The third-order valence-corrected chi connectivity index (χ3v) is 2.05. The highest BCUT2D eigenvalue weighted by Gasteiger charge is 2.27. The van der Waals surface area contributed by atoms with Crippen LogP contribution in [0.5, 0.6) is 0 Å². The molecule has 3 nitrogen and oxygen atoms in total. The van der Waals surface area contributed by atoms with Crippen LogP contribution in [-0.2, 0) is 4.74 Å². The zero-order chi connectivity index (χ0) is 11.4. The normalized spacial score (nSPS) is 14.9. The summed E-state index contributed by atoms with van der Waals surface area (Å²) in [6, 6.07) is 2.08. The fourth-order valence-electron chi connectivity index (χ4n) is 0.912. The number of aliphatic hydroxyl groups excluding tert-OH is 1. The summed E-state index contributed by atoms with van der Waals surface area (Å²) in [5.74, 6) is 0. The maximum atomic E-state index is 9.67. The van der Waals surface area contributed by atoms with Gasteiger partial charge in [-0.15, -0.1) is 0 Å². The van der Waals surface area contributed by atoms with Crippen molar-refractivity contribution < 1.29 is 9.84 Å². The van der Waals surface area contributed by atoms with E-state index in [1.165, 1.54) is 0 Å². The van der Waals surface area contributed by atoms with Crippen molar-refractivity contribution in [2.45, 2.75) is 52.7 Å². The molecule has 0 aliphatic rings. The second-order valence-corrected chi connectivity index (χ2v) is 5.10. The van der Waals surface area contributed by atoms with Gasteiger partial charge in [-0.1, -0.05) is 0 Å². The molecule has 0 radical (unpaired) electrons. The first-order valence-corrected chi connectivity index (χ1v) is 4.92. The van der Waals surface area contributed by atoms with E-state index >= 15 is 0 Å². The van der Waals surface area contributed by atoms with E-state index in [1.54, 1.807) is 13.8 Å². The van der Waals surface area contributed by atoms with Crippen LogP contribution in [0.15, 0.2) is 0 Å². The third-order valence-electron chi connectivity index (χ3n) is 2.05. The molecule has 0 saturated carbocycles. The highest BCUT2D eigenvalue weighted by Crippen LogP contribution is 2.22. The van der Waals surface area contributed by atoms with Gasteiger partial charge in [0, 0.05) is 6.61 Å². The Hall–Kier alpha value is -0.590. The van der Waals surface area contributed by atoms with Gasteiger partial charge in [0.25, 0.3) is 0 Å². The predicted octanol–water partition coefficient (Wildman–Crippen LogP) is 2.10. The van der Waals surface area contributed by atoms with E-state index in [9.17, 15) is 5.11 Å². The SMILES string of the molecule is CC(C)(C)OCCC(O)C(C)(C)C#N. The lowest BCUT2D eigenvalue weighted by atomic mass is 9.87. The van der Waals surface area contributed by atoms with Gasteiger partial charge in [-0.3, -0.25) is 0 Å². The van der Waals surface area contributed by atoms with E-state index in [4.69, 9.17) is 10.00 Å². The second-order valence-electron chi connectivity index (χ2n) is 5.10. The van der Waals surface area contributed by atoms with Crippen LogP contribution >= 0.6 is 0 Å². The van der Waals surface area contributed by atoms with E-state index in [0.29, 0.717) is 13.0 Å². The summed E-state index contributed by atoms with van der Waals surface area (Å²) in [4.78, 5) is 0. The topological polar surface area (TPSA) is 53.2 Å². The van der Waals surface area contributed by atoms with Crippen molar-refractivity contribution in [3.63, 3.8) is 0 Å². The Morgan fingerprint density at radius 3 is 2.14 bits per heavy atom. The van der Waals surface area contributed by atoms with Gasteiger partial charge in [0.05, 0.1) is 23.2 Å². The van der Waals surface area contributed by atoms with Crippen molar-refractivity contribution in [2.75, 3.05) is 6.61 Å². The van der Waals surface area contributed by atoms with Gasteiger partial charge >= 0.3 is 0 Å². The highest BCUT2D eigenvalue weighted by molar-refractivity contribution is 4.96. The van der Waals surface area contributed by atoms with Crippen LogP contribution in [0.2, 0.25) is 0 Å². The molecule has 1 N–H and O–H groups in total. The number of hydrogen-bond donors (Lipinski definition) is 1. The molecule has 82 valence electrons. The number of hydrogen-bond acceptors (Lipinski definition) is 3.